The highest BCUT2D eigenvalue weighted by Crippen LogP contribution is 2.02. The van der Waals surface area contributed by atoms with Crippen LogP contribution in [0.3, 0.4) is 0 Å². The van der Waals surface area contributed by atoms with Crippen LogP contribution in [-0.4, -0.2) is 39.3 Å². The Bertz CT molecular complexity index is 316. The number of aliphatic hydroxyl groups is 1. The fourth-order valence-corrected chi connectivity index (χ4v) is 0.960. The Labute approximate surface area is 80.6 Å². The third kappa shape index (κ3) is 2.75. The van der Waals surface area contributed by atoms with E-state index in [-0.39, 0.29) is 12.2 Å². The molecule has 6 heteroatoms. The van der Waals surface area contributed by atoms with Crippen LogP contribution in [0.5, 0.6) is 0 Å². The normalized spacial score (nSPS) is 10.1. The fourth-order valence-electron chi connectivity index (χ4n) is 0.960. The Balaban J connectivity index is 2.69. The van der Waals surface area contributed by atoms with Crippen molar-refractivity contribution in [2.24, 2.45) is 0 Å². The number of carbonyl (C=O) groups is 1. The van der Waals surface area contributed by atoms with Gasteiger partial charge in [-0.15, -0.1) is 0 Å². The van der Waals surface area contributed by atoms with Crippen molar-refractivity contribution in [3.8, 4) is 0 Å². The Hall–Kier alpha value is -1.53. The molecule has 0 bridgehead atoms. The molecule has 0 unspecified atom stereocenters. The van der Waals surface area contributed by atoms with Crippen LogP contribution in [0, 0.1) is 0 Å². The number of hydrogen-bond donors (Lipinski definition) is 3. The summed E-state index contributed by atoms with van der Waals surface area (Å²) < 4.78 is 0. The van der Waals surface area contributed by atoms with Crippen molar-refractivity contribution in [2.45, 2.75) is 6.54 Å². The molecule has 1 rings (SSSR count). The SMILES string of the molecule is O=C(O)c1cncnc1CNCCO. The number of nitrogens with zero attached hydrogens (tertiary/aromatic N) is 2. The summed E-state index contributed by atoms with van der Waals surface area (Å²) in [6.45, 7) is 0.723. The summed E-state index contributed by atoms with van der Waals surface area (Å²) in [5.74, 6) is -1.05. The molecule has 0 aromatic carbocycles. The molecule has 0 atom stereocenters. The molecule has 0 aliphatic carbocycles. The Morgan fingerprint density at radius 3 is 3.00 bits per heavy atom. The first kappa shape index (κ1) is 10.6. The monoisotopic (exact) mass is 197 g/mol. The summed E-state index contributed by atoms with van der Waals surface area (Å²) in [5.41, 5.74) is 0.499. The highest BCUT2D eigenvalue weighted by molar-refractivity contribution is 5.88. The minimum Gasteiger partial charge on any atom is -0.478 e. The minimum absolute atomic E-state index is 0.00743. The molecule has 0 fully saturated rings. The zero-order valence-electron chi connectivity index (χ0n) is 7.47. The van der Waals surface area contributed by atoms with E-state index in [1.54, 1.807) is 0 Å². The molecule has 1 heterocycles. The maximum atomic E-state index is 10.7. The average Bonchev–Trinajstić information content (AvgIpc) is 2.19. The van der Waals surface area contributed by atoms with Gasteiger partial charge in [0, 0.05) is 19.3 Å². The lowest BCUT2D eigenvalue weighted by Gasteiger charge is -2.04. The maximum absolute atomic E-state index is 10.7. The molecular weight excluding hydrogens is 186 g/mol. The molecule has 1 aromatic rings. The predicted molar refractivity (Wildman–Crippen MR) is 47.8 cm³/mol. The minimum atomic E-state index is -1.05. The van der Waals surface area contributed by atoms with E-state index in [1.807, 2.05) is 0 Å². The largest absolute Gasteiger partial charge is 0.478 e. The van der Waals surface area contributed by atoms with E-state index in [0.29, 0.717) is 18.8 Å². The van der Waals surface area contributed by atoms with E-state index in [2.05, 4.69) is 15.3 Å². The Morgan fingerprint density at radius 1 is 1.57 bits per heavy atom. The van der Waals surface area contributed by atoms with Gasteiger partial charge in [-0.25, -0.2) is 14.8 Å². The van der Waals surface area contributed by atoms with Crippen LogP contribution < -0.4 is 5.32 Å². The standard InChI is InChI=1S/C8H11N3O3/c12-2-1-9-4-7-6(8(13)14)3-10-5-11-7/h3,5,9,12H,1-2,4H2,(H,13,14). The molecule has 0 amide bonds. The molecule has 0 saturated heterocycles. The summed E-state index contributed by atoms with van der Waals surface area (Å²) in [6.07, 6.45) is 2.55. The van der Waals surface area contributed by atoms with E-state index in [0.717, 1.165) is 0 Å². The van der Waals surface area contributed by atoms with Crippen LogP contribution in [-0.2, 0) is 6.54 Å². The van der Waals surface area contributed by atoms with Gasteiger partial charge in [0.2, 0.25) is 0 Å². The zero-order valence-corrected chi connectivity index (χ0v) is 7.47. The van der Waals surface area contributed by atoms with Crippen molar-refractivity contribution >= 4 is 5.97 Å². The van der Waals surface area contributed by atoms with Gasteiger partial charge in [0.25, 0.3) is 0 Å². The predicted octanol–water partition coefficient (Wildman–Crippen LogP) is -0.743. The van der Waals surface area contributed by atoms with Gasteiger partial charge in [-0.05, 0) is 0 Å². The lowest BCUT2D eigenvalue weighted by atomic mass is 10.2. The highest BCUT2D eigenvalue weighted by Gasteiger charge is 2.10. The summed E-state index contributed by atoms with van der Waals surface area (Å²) in [4.78, 5) is 18.2. The summed E-state index contributed by atoms with van der Waals surface area (Å²) in [5, 5.41) is 20.1. The van der Waals surface area contributed by atoms with Crippen molar-refractivity contribution in [2.75, 3.05) is 13.2 Å². The molecular formula is C8H11N3O3. The molecule has 3 N–H and O–H groups in total. The van der Waals surface area contributed by atoms with Crippen molar-refractivity contribution in [1.82, 2.24) is 15.3 Å². The first-order chi connectivity index (χ1) is 6.75. The molecule has 0 aliphatic rings. The second kappa shape index (κ2) is 5.25. The molecule has 0 radical (unpaired) electrons. The van der Waals surface area contributed by atoms with Gasteiger partial charge >= 0.3 is 5.97 Å². The second-order valence-electron chi connectivity index (χ2n) is 2.59. The van der Waals surface area contributed by atoms with E-state index in [4.69, 9.17) is 10.2 Å². The topological polar surface area (TPSA) is 95.3 Å². The fraction of sp³-hybridized carbons (Fsp3) is 0.375. The van der Waals surface area contributed by atoms with Crippen LogP contribution in [0.4, 0.5) is 0 Å². The van der Waals surface area contributed by atoms with Gasteiger partial charge in [0.05, 0.1) is 12.3 Å². The number of carboxylic acids is 1. The number of aromatic carboxylic acids is 1. The summed E-state index contributed by atoms with van der Waals surface area (Å²) in [7, 11) is 0. The molecule has 76 valence electrons. The average molecular weight is 197 g/mol. The summed E-state index contributed by atoms with van der Waals surface area (Å²) in [6, 6.07) is 0. The van der Waals surface area contributed by atoms with Gasteiger partial charge in [-0.2, -0.15) is 0 Å². The van der Waals surface area contributed by atoms with Gasteiger partial charge in [0.15, 0.2) is 0 Å². The molecule has 0 saturated carbocycles. The maximum Gasteiger partial charge on any atom is 0.339 e. The first-order valence-corrected chi connectivity index (χ1v) is 4.09. The Morgan fingerprint density at radius 2 is 2.36 bits per heavy atom. The molecule has 1 aromatic heterocycles. The molecule has 14 heavy (non-hydrogen) atoms. The zero-order chi connectivity index (χ0) is 10.4. The first-order valence-electron chi connectivity index (χ1n) is 4.09. The number of hydrogen-bond acceptors (Lipinski definition) is 5. The van der Waals surface area contributed by atoms with Crippen molar-refractivity contribution in [3.63, 3.8) is 0 Å². The van der Waals surface area contributed by atoms with Crippen molar-refractivity contribution < 1.29 is 15.0 Å². The number of rotatable bonds is 5. The Kier molecular flexibility index (Phi) is 3.96. The number of carboxylic acid groups (broad SMARTS) is 1. The molecule has 0 aliphatic heterocycles. The third-order valence-corrected chi connectivity index (χ3v) is 1.61. The smallest absolute Gasteiger partial charge is 0.339 e. The van der Waals surface area contributed by atoms with Crippen molar-refractivity contribution in [3.05, 3.63) is 23.8 Å². The van der Waals surface area contributed by atoms with Gasteiger partial charge in [0.1, 0.15) is 11.9 Å². The van der Waals surface area contributed by atoms with Crippen LogP contribution in [0.2, 0.25) is 0 Å². The van der Waals surface area contributed by atoms with Crippen LogP contribution in [0.25, 0.3) is 0 Å². The van der Waals surface area contributed by atoms with Gasteiger partial charge in [-0.1, -0.05) is 0 Å². The quantitative estimate of drug-likeness (QED) is 0.538. The second-order valence-corrected chi connectivity index (χ2v) is 2.59. The van der Waals surface area contributed by atoms with Crippen LogP contribution in [0.1, 0.15) is 16.1 Å². The van der Waals surface area contributed by atoms with Crippen LogP contribution in [0.15, 0.2) is 12.5 Å². The number of aliphatic hydroxyl groups excluding tert-OH is 1. The van der Waals surface area contributed by atoms with Gasteiger partial charge in [-0.3, -0.25) is 0 Å². The lowest BCUT2D eigenvalue weighted by Crippen LogP contribution is -2.20. The lowest BCUT2D eigenvalue weighted by molar-refractivity contribution is 0.0694. The third-order valence-electron chi connectivity index (χ3n) is 1.61. The number of nitrogens with one attached hydrogen (secondary N) is 1. The van der Waals surface area contributed by atoms with Crippen molar-refractivity contribution in [1.29, 1.82) is 0 Å². The van der Waals surface area contributed by atoms with Crippen LogP contribution >= 0.6 is 0 Å². The summed E-state index contributed by atoms with van der Waals surface area (Å²) >= 11 is 0. The van der Waals surface area contributed by atoms with E-state index < -0.39 is 5.97 Å². The van der Waals surface area contributed by atoms with E-state index >= 15 is 0 Å². The van der Waals surface area contributed by atoms with E-state index in [1.165, 1.54) is 12.5 Å². The molecule has 6 nitrogen and oxygen atoms in total. The number of aromatic nitrogens is 2. The molecule has 0 spiro atoms. The van der Waals surface area contributed by atoms with E-state index in [9.17, 15) is 4.79 Å². The van der Waals surface area contributed by atoms with Gasteiger partial charge < -0.3 is 15.5 Å². The highest BCUT2D eigenvalue weighted by atomic mass is 16.4.